The SMILES string of the molecule is Cc1cccc(CN2CCN(Cc3cc4c(cc3Cl)OCO4)CC2CCO)n1. The molecule has 28 heavy (non-hydrogen) atoms. The molecular formula is C21H26ClN3O3. The van der Waals surface area contributed by atoms with Crippen LogP contribution in [0.5, 0.6) is 11.5 Å². The smallest absolute Gasteiger partial charge is 0.231 e. The van der Waals surface area contributed by atoms with Crippen LogP contribution in [0.15, 0.2) is 30.3 Å². The second-order valence-electron chi connectivity index (χ2n) is 7.44. The van der Waals surface area contributed by atoms with Gasteiger partial charge in [0.15, 0.2) is 11.5 Å². The van der Waals surface area contributed by atoms with Gasteiger partial charge in [-0.2, -0.15) is 0 Å². The zero-order chi connectivity index (χ0) is 19.5. The minimum Gasteiger partial charge on any atom is -0.454 e. The number of aryl methyl sites for hydroxylation is 1. The number of piperazine rings is 1. The summed E-state index contributed by atoms with van der Waals surface area (Å²) in [5.41, 5.74) is 3.16. The van der Waals surface area contributed by atoms with Gasteiger partial charge < -0.3 is 14.6 Å². The maximum Gasteiger partial charge on any atom is 0.231 e. The summed E-state index contributed by atoms with van der Waals surface area (Å²) in [6.45, 7) is 6.78. The van der Waals surface area contributed by atoms with Crippen LogP contribution in [0.1, 0.15) is 23.4 Å². The lowest BCUT2D eigenvalue weighted by Gasteiger charge is -2.41. The predicted octanol–water partition coefficient (Wildman–Crippen LogP) is 2.84. The molecule has 0 bridgehead atoms. The van der Waals surface area contributed by atoms with Crippen molar-refractivity contribution in [3.8, 4) is 11.5 Å². The lowest BCUT2D eigenvalue weighted by molar-refractivity contribution is 0.0491. The highest BCUT2D eigenvalue weighted by atomic mass is 35.5. The summed E-state index contributed by atoms with van der Waals surface area (Å²) >= 11 is 6.45. The maximum absolute atomic E-state index is 9.56. The molecule has 1 atom stereocenters. The van der Waals surface area contributed by atoms with E-state index in [4.69, 9.17) is 21.1 Å². The Hall–Kier alpha value is -1.86. The van der Waals surface area contributed by atoms with E-state index >= 15 is 0 Å². The van der Waals surface area contributed by atoms with Gasteiger partial charge in [0.25, 0.3) is 0 Å². The zero-order valence-electron chi connectivity index (χ0n) is 16.1. The summed E-state index contributed by atoms with van der Waals surface area (Å²) in [7, 11) is 0. The van der Waals surface area contributed by atoms with Crippen molar-refractivity contribution in [2.45, 2.75) is 32.5 Å². The maximum atomic E-state index is 9.56. The van der Waals surface area contributed by atoms with Gasteiger partial charge >= 0.3 is 0 Å². The molecule has 0 spiro atoms. The van der Waals surface area contributed by atoms with Crippen molar-refractivity contribution in [1.29, 1.82) is 0 Å². The number of halogens is 1. The summed E-state index contributed by atoms with van der Waals surface area (Å²) in [6, 6.07) is 10.2. The molecule has 1 N–H and O–H groups in total. The number of pyridine rings is 1. The summed E-state index contributed by atoms with van der Waals surface area (Å²) in [5.74, 6) is 1.47. The number of benzene rings is 1. The highest BCUT2D eigenvalue weighted by Gasteiger charge is 2.28. The Morgan fingerprint density at radius 2 is 2.00 bits per heavy atom. The van der Waals surface area contributed by atoms with Crippen molar-refractivity contribution < 1.29 is 14.6 Å². The van der Waals surface area contributed by atoms with Crippen LogP contribution in [0.25, 0.3) is 0 Å². The van der Waals surface area contributed by atoms with Gasteiger partial charge in [-0.05, 0) is 37.1 Å². The van der Waals surface area contributed by atoms with Crippen LogP contribution in [0.4, 0.5) is 0 Å². The molecule has 1 aromatic heterocycles. The Labute approximate surface area is 170 Å². The number of ether oxygens (including phenoxy) is 2. The first kappa shape index (κ1) is 19.5. The van der Waals surface area contributed by atoms with Crippen LogP contribution >= 0.6 is 11.6 Å². The fourth-order valence-electron chi connectivity index (χ4n) is 3.95. The Bertz CT molecular complexity index is 833. The van der Waals surface area contributed by atoms with E-state index < -0.39 is 0 Å². The number of aliphatic hydroxyl groups is 1. The molecule has 0 aliphatic carbocycles. The normalized spacial score (nSPS) is 19.9. The van der Waals surface area contributed by atoms with Crippen molar-refractivity contribution in [1.82, 2.24) is 14.8 Å². The molecule has 2 aromatic rings. The highest BCUT2D eigenvalue weighted by Crippen LogP contribution is 2.37. The molecule has 6 nitrogen and oxygen atoms in total. The fourth-order valence-corrected chi connectivity index (χ4v) is 4.16. The molecule has 0 radical (unpaired) electrons. The van der Waals surface area contributed by atoms with E-state index in [1.165, 1.54) is 0 Å². The molecule has 1 fully saturated rings. The lowest BCUT2D eigenvalue weighted by atomic mass is 10.1. The van der Waals surface area contributed by atoms with Crippen molar-refractivity contribution in [2.75, 3.05) is 33.0 Å². The van der Waals surface area contributed by atoms with Gasteiger partial charge in [-0.1, -0.05) is 17.7 Å². The highest BCUT2D eigenvalue weighted by molar-refractivity contribution is 6.31. The van der Waals surface area contributed by atoms with E-state index in [1.54, 1.807) is 0 Å². The van der Waals surface area contributed by atoms with E-state index in [9.17, 15) is 5.11 Å². The molecule has 1 aromatic carbocycles. The average Bonchev–Trinajstić information content (AvgIpc) is 3.11. The van der Waals surface area contributed by atoms with Gasteiger partial charge in [0, 0.05) is 62.2 Å². The number of hydrogen-bond acceptors (Lipinski definition) is 6. The minimum absolute atomic E-state index is 0.182. The number of nitrogens with zero attached hydrogens (tertiary/aromatic N) is 3. The molecular weight excluding hydrogens is 378 g/mol. The fraction of sp³-hybridized carbons (Fsp3) is 0.476. The van der Waals surface area contributed by atoms with Crippen LogP contribution in [0.3, 0.4) is 0 Å². The molecule has 2 aliphatic heterocycles. The summed E-state index contributed by atoms with van der Waals surface area (Å²) in [6.07, 6.45) is 0.747. The molecule has 0 amide bonds. The van der Waals surface area contributed by atoms with Crippen molar-refractivity contribution >= 4 is 11.6 Å². The standard InChI is InChI=1S/C21H26ClN3O3/c1-15-3-2-4-17(23-15)12-25-7-6-24(13-18(25)5-8-26)11-16-9-20-21(10-19(16)22)28-14-27-20/h2-4,9-10,18,26H,5-8,11-14H2,1H3. The Morgan fingerprint density at radius 1 is 1.18 bits per heavy atom. The molecule has 0 saturated carbocycles. The molecule has 4 rings (SSSR count). The number of fused-ring (bicyclic) bond motifs is 1. The first-order chi connectivity index (χ1) is 13.6. The van der Waals surface area contributed by atoms with E-state index in [1.807, 2.05) is 25.1 Å². The average molecular weight is 404 g/mol. The molecule has 1 unspecified atom stereocenters. The van der Waals surface area contributed by atoms with Crippen LogP contribution < -0.4 is 9.47 Å². The van der Waals surface area contributed by atoms with Gasteiger partial charge in [-0.3, -0.25) is 14.8 Å². The largest absolute Gasteiger partial charge is 0.454 e. The first-order valence-electron chi connectivity index (χ1n) is 9.70. The Kier molecular flexibility index (Phi) is 6.01. The van der Waals surface area contributed by atoms with Crippen LogP contribution in [-0.4, -0.2) is 59.0 Å². The molecule has 1 saturated heterocycles. The van der Waals surface area contributed by atoms with E-state index in [0.717, 1.165) is 61.8 Å². The van der Waals surface area contributed by atoms with E-state index in [2.05, 4.69) is 26.9 Å². The molecule has 2 aliphatic rings. The third-order valence-electron chi connectivity index (χ3n) is 5.40. The quantitative estimate of drug-likeness (QED) is 0.800. The predicted molar refractivity (Wildman–Crippen MR) is 108 cm³/mol. The van der Waals surface area contributed by atoms with Gasteiger partial charge in [0.1, 0.15) is 0 Å². The Morgan fingerprint density at radius 3 is 2.79 bits per heavy atom. The van der Waals surface area contributed by atoms with Gasteiger partial charge in [-0.25, -0.2) is 0 Å². The van der Waals surface area contributed by atoms with Gasteiger partial charge in [0.2, 0.25) is 6.79 Å². The van der Waals surface area contributed by atoms with Crippen LogP contribution in [-0.2, 0) is 13.1 Å². The van der Waals surface area contributed by atoms with Crippen LogP contribution in [0, 0.1) is 6.92 Å². The third-order valence-corrected chi connectivity index (χ3v) is 5.75. The number of aliphatic hydroxyl groups excluding tert-OH is 1. The number of aromatic nitrogens is 1. The second-order valence-corrected chi connectivity index (χ2v) is 7.85. The molecule has 7 heteroatoms. The summed E-state index contributed by atoms with van der Waals surface area (Å²) in [5, 5.41) is 10.3. The van der Waals surface area contributed by atoms with E-state index in [0.29, 0.717) is 10.8 Å². The van der Waals surface area contributed by atoms with Gasteiger partial charge in [0.05, 0.1) is 5.69 Å². The molecule has 150 valence electrons. The van der Waals surface area contributed by atoms with Crippen molar-refractivity contribution in [2.24, 2.45) is 0 Å². The van der Waals surface area contributed by atoms with E-state index in [-0.39, 0.29) is 19.4 Å². The van der Waals surface area contributed by atoms with Gasteiger partial charge in [-0.15, -0.1) is 0 Å². The van der Waals surface area contributed by atoms with Crippen molar-refractivity contribution in [3.05, 3.63) is 52.3 Å². The molecule has 3 heterocycles. The number of hydrogen-bond donors (Lipinski definition) is 1. The summed E-state index contributed by atoms with van der Waals surface area (Å²) in [4.78, 5) is 9.45. The second kappa shape index (κ2) is 8.66. The topological polar surface area (TPSA) is 58.1 Å². The minimum atomic E-state index is 0.182. The number of rotatable bonds is 6. The van der Waals surface area contributed by atoms with Crippen molar-refractivity contribution in [3.63, 3.8) is 0 Å². The summed E-state index contributed by atoms with van der Waals surface area (Å²) < 4.78 is 10.9. The third kappa shape index (κ3) is 4.41. The Balaban J connectivity index is 1.43. The monoisotopic (exact) mass is 403 g/mol. The lowest BCUT2D eigenvalue weighted by Crippen LogP contribution is -2.52. The first-order valence-corrected chi connectivity index (χ1v) is 10.1. The zero-order valence-corrected chi connectivity index (χ0v) is 16.9. The van der Waals surface area contributed by atoms with Crippen LogP contribution in [0.2, 0.25) is 5.02 Å².